The van der Waals surface area contributed by atoms with Crippen LogP contribution in [0.2, 0.25) is 0 Å². The van der Waals surface area contributed by atoms with Crippen LogP contribution in [0.5, 0.6) is 0 Å². The van der Waals surface area contributed by atoms with Gasteiger partial charge in [-0.15, -0.1) is 11.3 Å². The molecule has 0 unspecified atom stereocenters. The number of fused-ring (bicyclic) bond motifs is 1. The summed E-state index contributed by atoms with van der Waals surface area (Å²) in [7, 11) is 3.39. The number of halogens is 1. The molecule has 6 heteroatoms. The highest BCUT2D eigenvalue weighted by Gasteiger charge is 2.24. The molecular formula is C21H25FN2O2S. The van der Waals surface area contributed by atoms with Gasteiger partial charge in [0.05, 0.1) is 9.58 Å². The van der Waals surface area contributed by atoms with Gasteiger partial charge in [0, 0.05) is 39.7 Å². The highest BCUT2D eigenvalue weighted by atomic mass is 32.1. The quantitative estimate of drug-likeness (QED) is 0.777. The highest BCUT2D eigenvalue weighted by Crippen LogP contribution is 2.39. The van der Waals surface area contributed by atoms with Gasteiger partial charge in [-0.3, -0.25) is 9.59 Å². The van der Waals surface area contributed by atoms with Crippen LogP contribution in [0.15, 0.2) is 18.2 Å². The Bertz CT molecular complexity index is 943. The van der Waals surface area contributed by atoms with Crippen molar-refractivity contribution in [2.75, 3.05) is 27.2 Å². The molecule has 1 aromatic heterocycles. The van der Waals surface area contributed by atoms with E-state index in [2.05, 4.69) is 13.8 Å². The summed E-state index contributed by atoms with van der Waals surface area (Å²) in [6.45, 7) is 6.77. The van der Waals surface area contributed by atoms with E-state index in [0.717, 1.165) is 22.9 Å². The third-order valence-corrected chi connectivity index (χ3v) is 6.08. The number of hydrogen-bond donors (Lipinski definition) is 0. The fraction of sp³-hybridized carbons (Fsp3) is 0.429. The summed E-state index contributed by atoms with van der Waals surface area (Å²) in [5, 5.41) is 0.807. The average molecular weight is 389 g/mol. The molecule has 2 aromatic rings. The number of hydrogen-bond acceptors (Lipinski definition) is 3. The van der Waals surface area contributed by atoms with Gasteiger partial charge in [-0.05, 0) is 41.0 Å². The van der Waals surface area contributed by atoms with Crippen molar-refractivity contribution in [3.8, 4) is 0 Å². The number of amides is 2. The van der Waals surface area contributed by atoms with E-state index in [0.29, 0.717) is 28.2 Å². The van der Waals surface area contributed by atoms with E-state index in [1.54, 1.807) is 25.9 Å². The SMILES string of the molecule is CC(=O)N1CCC=C(c2cc(C(C)C)c3cc(C(=O)N(C)C)sc3c2F)C1. The standard InChI is InChI=1S/C21H25FN2O2S/c1-12(2)15-9-16(14-7-6-8-24(11-14)13(3)25)19(22)20-17(15)10-18(27-20)21(26)23(4)5/h7,9-10,12H,6,8,11H2,1-5H3. The second kappa shape index (κ2) is 7.43. The Balaban J connectivity index is 2.17. The van der Waals surface area contributed by atoms with E-state index in [1.165, 1.54) is 16.2 Å². The van der Waals surface area contributed by atoms with E-state index in [1.807, 2.05) is 18.2 Å². The molecule has 0 radical (unpaired) electrons. The van der Waals surface area contributed by atoms with Crippen LogP contribution < -0.4 is 0 Å². The van der Waals surface area contributed by atoms with E-state index in [-0.39, 0.29) is 23.5 Å². The van der Waals surface area contributed by atoms with Crippen molar-refractivity contribution in [3.05, 3.63) is 40.0 Å². The zero-order valence-corrected chi connectivity index (χ0v) is 17.2. The minimum atomic E-state index is -0.297. The van der Waals surface area contributed by atoms with Crippen molar-refractivity contribution in [2.24, 2.45) is 0 Å². The van der Waals surface area contributed by atoms with Gasteiger partial charge in [-0.2, -0.15) is 0 Å². The molecule has 144 valence electrons. The van der Waals surface area contributed by atoms with Gasteiger partial charge in [-0.25, -0.2) is 4.39 Å². The Kier molecular flexibility index (Phi) is 5.38. The third-order valence-electron chi connectivity index (χ3n) is 4.96. The first kappa shape index (κ1) is 19.5. The minimum Gasteiger partial charge on any atom is -0.344 e. The average Bonchev–Trinajstić information content (AvgIpc) is 3.06. The van der Waals surface area contributed by atoms with Gasteiger partial charge < -0.3 is 9.80 Å². The van der Waals surface area contributed by atoms with Crippen molar-refractivity contribution >= 4 is 38.8 Å². The fourth-order valence-corrected chi connectivity index (χ4v) is 4.59. The molecule has 0 aliphatic carbocycles. The summed E-state index contributed by atoms with van der Waals surface area (Å²) in [4.78, 5) is 27.9. The molecule has 0 N–H and O–H groups in total. The molecule has 1 aliphatic heterocycles. The van der Waals surface area contributed by atoms with E-state index >= 15 is 4.39 Å². The van der Waals surface area contributed by atoms with Gasteiger partial charge in [-0.1, -0.05) is 19.9 Å². The summed E-state index contributed by atoms with van der Waals surface area (Å²) in [5.74, 6) is -0.224. The molecule has 1 aliphatic rings. The smallest absolute Gasteiger partial charge is 0.263 e. The minimum absolute atomic E-state index is 0.00107. The number of nitrogens with zero attached hydrogens (tertiary/aromatic N) is 2. The topological polar surface area (TPSA) is 40.6 Å². The molecule has 0 saturated carbocycles. The number of rotatable bonds is 3. The van der Waals surface area contributed by atoms with Crippen LogP contribution in [0.1, 0.15) is 53.9 Å². The van der Waals surface area contributed by atoms with Crippen molar-refractivity contribution in [2.45, 2.75) is 33.1 Å². The molecule has 0 fully saturated rings. The van der Waals surface area contributed by atoms with Crippen molar-refractivity contribution in [1.29, 1.82) is 0 Å². The first-order chi connectivity index (χ1) is 12.7. The molecule has 0 spiro atoms. The second-order valence-corrected chi connectivity index (χ2v) is 8.55. The Morgan fingerprint density at radius 3 is 2.56 bits per heavy atom. The molecule has 2 heterocycles. The molecule has 0 saturated heterocycles. The van der Waals surface area contributed by atoms with E-state index in [9.17, 15) is 9.59 Å². The van der Waals surface area contributed by atoms with Gasteiger partial charge in [0.15, 0.2) is 0 Å². The molecular weight excluding hydrogens is 363 g/mol. The number of thiophene rings is 1. The second-order valence-electron chi connectivity index (χ2n) is 7.49. The lowest BCUT2D eigenvalue weighted by Gasteiger charge is -2.27. The van der Waals surface area contributed by atoms with E-state index in [4.69, 9.17) is 0 Å². The van der Waals surface area contributed by atoms with Gasteiger partial charge >= 0.3 is 0 Å². The van der Waals surface area contributed by atoms with Crippen molar-refractivity contribution in [1.82, 2.24) is 9.80 Å². The molecule has 2 amide bonds. The highest BCUT2D eigenvalue weighted by molar-refractivity contribution is 7.20. The van der Waals surface area contributed by atoms with Crippen LogP contribution in [0, 0.1) is 5.82 Å². The largest absolute Gasteiger partial charge is 0.344 e. The number of carbonyl (C=O) groups is 2. The summed E-state index contributed by atoms with van der Waals surface area (Å²) in [5.41, 5.74) is 2.41. The third kappa shape index (κ3) is 3.63. The Labute approximate surface area is 163 Å². The van der Waals surface area contributed by atoms with Crippen molar-refractivity contribution in [3.63, 3.8) is 0 Å². The molecule has 3 rings (SSSR count). The van der Waals surface area contributed by atoms with Gasteiger partial charge in [0.1, 0.15) is 5.82 Å². The predicted molar refractivity (Wildman–Crippen MR) is 109 cm³/mol. The van der Waals surface area contributed by atoms with Crippen LogP contribution in [-0.2, 0) is 4.79 Å². The summed E-state index contributed by atoms with van der Waals surface area (Å²) < 4.78 is 16.0. The molecule has 27 heavy (non-hydrogen) atoms. The molecule has 1 aromatic carbocycles. The maximum Gasteiger partial charge on any atom is 0.263 e. The predicted octanol–water partition coefficient (Wildman–Crippen LogP) is 4.50. The van der Waals surface area contributed by atoms with Crippen LogP contribution in [-0.4, -0.2) is 48.8 Å². The van der Waals surface area contributed by atoms with Crippen LogP contribution in [0.25, 0.3) is 15.7 Å². The monoisotopic (exact) mass is 388 g/mol. The Hall–Kier alpha value is -2.21. The molecule has 0 bridgehead atoms. The Morgan fingerprint density at radius 1 is 1.26 bits per heavy atom. The van der Waals surface area contributed by atoms with Crippen LogP contribution >= 0.6 is 11.3 Å². The number of carbonyl (C=O) groups excluding carboxylic acids is 2. The zero-order chi connectivity index (χ0) is 19.9. The van der Waals surface area contributed by atoms with E-state index < -0.39 is 0 Å². The Morgan fingerprint density at radius 2 is 1.96 bits per heavy atom. The van der Waals surface area contributed by atoms with Crippen LogP contribution in [0.4, 0.5) is 4.39 Å². The van der Waals surface area contributed by atoms with Gasteiger partial charge in [0.25, 0.3) is 5.91 Å². The lowest BCUT2D eigenvalue weighted by Crippen LogP contribution is -2.33. The van der Waals surface area contributed by atoms with Gasteiger partial charge in [0.2, 0.25) is 5.91 Å². The summed E-state index contributed by atoms with van der Waals surface area (Å²) >= 11 is 1.20. The zero-order valence-electron chi connectivity index (χ0n) is 16.4. The van der Waals surface area contributed by atoms with Crippen molar-refractivity contribution < 1.29 is 14.0 Å². The summed E-state index contributed by atoms with van der Waals surface area (Å²) in [6.07, 6.45) is 2.74. The first-order valence-electron chi connectivity index (χ1n) is 9.13. The van der Waals surface area contributed by atoms with Crippen LogP contribution in [0.3, 0.4) is 0 Å². The number of benzene rings is 1. The molecule has 0 atom stereocenters. The lowest BCUT2D eigenvalue weighted by atomic mass is 9.92. The first-order valence-corrected chi connectivity index (χ1v) is 9.94. The normalized spacial score (nSPS) is 14.6. The summed E-state index contributed by atoms with van der Waals surface area (Å²) in [6, 6.07) is 3.70. The lowest BCUT2D eigenvalue weighted by molar-refractivity contribution is -0.128. The maximum atomic E-state index is 15.4. The molecule has 4 nitrogen and oxygen atoms in total. The maximum absolute atomic E-state index is 15.4. The fourth-order valence-electron chi connectivity index (χ4n) is 3.43.